The number of aliphatic hydroxyl groups is 1. The number of carbonyl (C=O) groups is 1. The first-order valence-electron chi connectivity index (χ1n) is 7.42. The summed E-state index contributed by atoms with van der Waals surface area (Å²) in [6.45, 7) is 0.735. The molecule has 0 aliphatic rings. The summed E-state index contributed by atoms with van der Waals surface area (Å²) in [6, 6.07) is 9.44. The fourth-order valence-electron chi connectivity index (χ4n) is 2.49. The van der Waals surface area contributed by atoms with Crippen LogP contribution >= 0.6 is 23.1 Å². The number of benzene rings is 1. The van der Waals surface area contributed by atoms with E-state index in [1.165, 1.54) is 4.88 Å². The maximum Gasteiger partial charge on any atom is 0.251 e. The van der Waals surface area contributed by atoms with E-state index in [9.17, 15) is 9.90 Å². The molecule has 0 saturated heterocycles. The zero-order chi connectivity index (χ0) is 16.1. The summed E-state index contributed by atoms with van der Waals surface area (Å²) in [5.74, 6) is 0.180. The van der Waals surface area contributed by atoms with Gasteiger partial charge in [-0.25, -0.2) is 0 Å². The molecular weight excluding hydrogens is 330 g/mol. The Bertz CT molecular complexity index is 771. The highest BCUT2D eigenvalue weighted by molar-refractivity contribution is 7.10. The third kappa shape index (κ3) is 3.93. The molecule has 0 unspecified atom stereocenters. The van der Waals surface area contributed by atoms with Crippen molar-refractivity contribution >= 4 is 40.0 Å². The summed E-state index contributed by atoms with van der Waals surface area (Å²) in [5, 5.41) is 14.2. The molecule has 1 atom stereocenters. The molecule has 2 heterocycles. The number of hydrogen-bond donors (Lipinski definition) is 2. The smallest absolute Gasteiger partial charge is 0.251 e. The fourth-order valence-corrected chi connectivity index (χ4v) is 3.91. The lowest BCUT2D eigenvalue weighted by Gasteiger charge is -2.14. The molecule has 0 aliphatic carbocycles. The van der Waals surface area contributed by atoms with Crippen molar-refractivity contribution in [1.29, 1.82) is 0 Å². The number of carbonyl (C=O) groups excluding carboxylic acids is 1. The lowest BCUT2D eigenvalue weighted by Crippen LogP contribution is -2.25. The first-order chi connectivity index (χ1) is 11.3. The van der Waals surface area contributed by atoms with Crippen molar-refractivity contribution in [2.45, 2.75) is 18.8 Å². The highest BCUT2D eigenvalue weighted by Gasteiger charge is 2.13. The second-order valence-corrected chi connectivity index (χ2v) is 6.74. The standard InChI is InChI=1S/C16H17N3O2S2/c20-8-6-11(15-2-1-9-22-15)5-7-17-16(21)12-3-4-13-14(10-12)19-23-18-13/h1-4,9-11,20H,5-8H2,(H,17,21)/t11-/m0/s1. The largest absolute Gasteiger partial charge is 0.396 e. The Kier molecular flexibility index (Phi) is 5.32. The molecule has 1 aromatic carbocycles. The second kappa shape index (κ2) is 7.63. The SMILES string of the molecule is O=C(NCC[C@@H](CCO)c1cccs1)c1ccc2nsnc2c1. The van der Waals surface area contributed by atoms with Crippen LogP contribution in [0, 0.1) is 0 Å². The van der Waals surface area contributed by atoms with Gasteiger partial charge in [-0.05, 0) is 48.4 Å². The summed E-state index contributed by atoms with van der Waals surface area (Å²) in [5.41, 5.74) is 2.16. The van der Waals surface area contributed by atoms with Crippen LogP contribution in [0.3, 0.4) is 0 Å². The molecule has 7 heteroatoms. The van der Waals surface area contributed by atoms with Gasteiger partial charge in [-0.15, -0.1) is 11.3 Å². The molecular formula is C16H17N3O2S2. The number of hydrogen-bond acceptors (Lipinski definition) is 6. The summed E-state index contributed by atoms with van der Waals surface area (Å²) < 4.78 is 8.28. The van der Waals surface area contributed by atoms with Crippen molar-refractivity contribution in [2.75, 3.05) is 13.2 Å². The molecule has 3 aromatic rings. The average molecular weight is 347 g/mol. The van der Waals surface area contributed by atoms with E-state index in [0.29, 0.717) is 18.5 Å². The third-order valence-corrected chi connectivity index (χ3v) is 5.31. The van der Waals surface area contributed by atoms with Crippen LogP contribution in [-0.2, 0) is 0 Å². The Hall–Kier alpha value is -1.83. The molecule has 0 radical (unpaired) electrons. The minimum atomic E-state index is -0.103. The van der Waals surface area contributed by atoms with Gasteiger partial charge >= 0.3 is 0 Å². The van der Waals surface area contributed by atoms with E-state index in [-0.39, 0.29) is 18.4 Å². The van der Waals surface area contributed by atoms with Crippen LogP contribution < -0.4 is 5.32 Å². The van der Waals surface area contributed by atoms with Crippen LogP contribution in [0.5, 0.6) is 0 Å². The van der Waals surface area contributed by atoms with Crippen molar-refractivity contribution < 1.29 is 9.90 Å². The number of thiophene rings is 1. The van der Waals surface area contributed by atoms with Gasteiger partial charge in [-0.2, -0.15) is 8.75 Å². The molecule has 0 saturated carbocycles. The Morgan fingerprint density at radius 2 is 2.09 bits per heavy atom. The van der Waals surface area contributed by atoms with Crippen LogP contribution in [0.4, 0.5) is 0 Å². The summed E-state index contributed by atoms with van der Waals surface area (Å²) >= 11 is 2.84. The molecule has 0 aliphatic heterocycles. The van der Waals surface area contributed by atoms with Crippen LogP contribution in [0.25, 0.3) is 11.0 Å². The quantitative estimate of drug-likeness (QED) is 0.689. The maximum absolute atomic E-state index is 12.2. The monoisotopic (exact) mass is 347 g/mol. The summed E-state index contributed by atoms with van der Waals surface area (Å²) in [4.78, 5) is 13.5. The molecule has 0 fully saturated rings. The van der Waals surface area contributed by atoms with Gasteiger partial charge in [-0.3, -0.25) is 4.79 Å². The van der Waals surface area contributed by atoms with Crippen LogP contribution in [0.2, 0.25) is 0 Å². The topological polar surface area (TPSA) is 75.1 Å². The Morgan fingerprint density at radius 3 is 2.87 bits per heavy atom. The van der Waals surface area contributed by atoms with Gasteiger partial charge in [0.2, 0.25) is 0 Å². The molecule has 120 valence electrons. The molecule has 23 heavy (non-hydrogen) atoms. The van der Waals surface area contributed by atoms with Crippen LogP contribution in [0.15, 0.2) is 35.7 Å². The first-order valence-corrected chi connectivity index (χ1v) is 9.03. The van der Waals surface area contributed by atoms with Gasteiger partial charge in [0.25, 0.3) is 5.91 Å². The Labute approximate surface area is 142 Å². The number of fused-ring (bicyclic) bond motifs is 1. The number of aromatic nitrogens is 2. The van der Waals surface area contributed by atoms with Gasteiger partial charge in [-0.1, -0.05) is 6.07 Å². The number of aliphatic hydroxyl groups excluding tert-OH is 1. The van der Waals surface area contributed by atoms with E-state index >= 15 is 0 Å². The molecule has 5 nitrogen and oxygen atoms in total. The zero-order valence-electron chi connectivity index (χ0n) is 12.4. The van der Waals surface area contributed by atoms with Gasteiger partial charge in [0.05, 0.1) is 11.7 Å². The Balaban J connectivity index is 1.57. The zero-order valence-corrected chi connectivity index (χ0v) is 14.1. The lowest BCUT2D eigenvalue weighted by molar-refractivity contribution is 0.0952. The third-order valence-electron chi connectivity index (χ3n) is 3.72. The minimum absolute atomic E-state index is 0.103. The van der Waals surface area contributed by atoms with E-state index in [1.54, 1.807) is 23.5 Å². The van der Waals surface area contributed by atoms with Crippen molar-refractivity contribution in [1.82, 2.24) is 14.1 Å². The van der Waals surface area contributed by atoms with E-state index in [0.717, 1.165) is 29.2 Å². The summed E-state index contributed by atoms with van der Waals surface area (Å²) in [6.07, 6.45) is 1.53. The number of nitrogens with one attached hydrogen (secondary N) is 1. The van der Waals surface area contributed by atoms with Crippen molar-refractivity contribution in [2.24, 2.45) is 0 Å². The number of nitrogens with zero attached hydrogens (tertiary/aromatic N) is 2. The van der Waals surface area contributed by atoms with Gasteiger partial charge < -0.3 is 10.4 Å². The lowest BCUT2D eigenvalue weighted by atomic mass is 10.00. The normalized spacial score (nSPS) is 12.4. The fraction of sp³-hybridized carbons (Fsp3) is 0.312. The molecule has 0 bridgehead atoms. The van der Waals surface area contributed by atoms with E-state index in [2.05, 4.69) is 20.1 Å². The Morgan fingerprint density at radius 1 is 1.22 bits per heavy atom. The molecule has 2 N–H and O–H groups in total. The van der Waals surface area contributed by atoms with E-state index < -0.39 is 0 Å². The summed E-state index contributed by atoms with van der Waals surface area (Å²) in [7, 11) is 0. The number of amides is 1. The molecule has 2 aromatic heterocycles. The minimum Gasteiger partial charge on any atom is -0.396 e. The molecule has 1 amide bonds. The van der Waals surface area contributed by atoms with Crippen LogP contribution in [-0.4, -0.2) is 32.9 Å². The predicted molar refractivity (Wildman–Crippen MR) is 93.1 cm³/mol. The van der Waals surface area contributed by atoms with Crippen molar-refractivity contribution in [3.8, 4) is 0 Å². The van der Waals surface area contributed by atoms with Gasteiger partial charge in [0.1, 0.15) is 11.0 Å². The van der Waals surface area contributed by atoms with Gasteiger partial charge in [0, 0.05) is 23.6 Å². The van der Waals surface area contributed by atoms with E-state index in [4.69, 9.17) is 0 Å². The average Bonchev–Trinajstić information content (AvgIpc) is 3.24. The highest BCUT2D eigenvalue weighted by Crippen LogP contribution is 2.26. The van der Waals surface area contributed by atoms with Crippen molar-refractivity contribution in [3.05, 3.63) is 46.2 Å². The van der Waals surface area contributed by atoms with Gasteiger partial charge in [0.15, 0.2) is 0 Å². The van der Waals surface area contributed by atoms with Crippen LogP contribution in [0.1, 0.15) is 34.0 Å². The van der Waals surface area contributed by atoms with Crippen molar-refractivity contribution in [3.63, 3.8) is 0 Å². The second-order valence-electron chi connectivity index (χ2n) is 5.24. The number of rotatable bonds is 7. The predicted octanol–water partition coefficient (Wildman–Crippen LogP) is 3.04. The molecule has 0 spiro atoms. The highest BCUT2D eigenvalue weighted by atomic mass is 32.1. The first kappa shape index (κ1) is 16.0. The maximum atomic E-state index is 12.2. The van der Waals surface area contributed by atoms with E-state index in [1.807, 2.05) is 17.5 Å². The molecule has 3 rings (SSSR count).